The zero-order valence-corrected chi connectivity index (χ0v) is 8.23. The molecule has 4 heteroatoms. The number of halogens is 2. The zero-order chi connectivity index (χ0) is 9.68. The normalized spacial score (nSPS) is 9.15. The third kappa shape index (κ3) is 3.23. The first kappa shape index (κ1) is 10.3. The standard InChI is InChI=1S/C9H7Cl2NO/c10-8-5-7(3-1-2-4-13)6-12-9(8)11/h5-6,13H,2,4H2. The lowest BCUT2D eigenvalue weighted by molar-refractivity contribution is 0.305. The fourth-order valence-electron chi connectivity index (χ4n) is 0.710. The highest BCUT2D eigenvalue weighted by atomic mass is 35.5. The van der Waals surface area contributed by atoms with Gasteiger partial charge in [-0.3, -0.25) is 0 Å². The first-order valence-electron chi connectivity index (χ1n) is 3.65. The molecule has 68 valence electrons. The Bertz CT molecular complexity index is 354. The zero-order valence-electron chi connectivity index (χ0n) is 6.72. The molecule has 1 N–H and O–H groups in total. The third-order valence-corrected chi connectivity index (χ3v) is 1.95. The van der Waals surface area contributed by atoms with Crippen molar-refractivity contribution in [2.45, 2.75) is 6.42 Å². The van der Waals surface area contributed by atoms with Crippen LogP contribution in [0.1, 0.15) is 12.0 Å². The van der Waals surface area contributed by atoms with Crippen molar-refractivity contribution >= 4 is 23.2 Å². The summed E-state index contributed by atoms with van der Waals surface area (Å²) in [5, 5.41) is 9.14. The number of pyridine rings is 1. The van der Waals surface area contributed by atoms with E-state index in [0.29, 0.717) is 17.0 Å². The topological polar surface area (TPSA) is 33.1 Å². The van der Waals surface area contributed by atoms with Gasteiger partial charge in [0, 0.05) is 18.2 Å². The molecule has 1 heterocycles. The second-order valence-corrected chi connectivity index (χ2v) is 3.04. The molecule has 0 aliphatic heterocycles. The van der Waals surface area contributed by atoms with E-state index in [4.69, 9.17) is 28.3 Å². The lowest BCUT2D eigenvalue weighted by Crippen LogP contribution is -1.81. The number of hydrogen-bond acceptors (Lipinski definition) is 2. The van der Waals surface area contributed by atoms with Crippen LogP contribution >= 0.6 is 23.2 Å². The predicted octanol–water partition coefficient (Wildman–Crippen LogP) is 2.12. The minimum Gasteiger partial charge on any atom is -0.395 e. The minimum atomic E-state index is 0.0573. The smallest absolute Gasteiger partial charge is 0.147 e. The van der Waals surface area contributed by atoms with Crippen LogP contribution in [0.4, 0.5) is 0 Å². The quantitative estimate of drug-likeness (QED) is 0.576. The lowest BCUT2D eigenvalue weighted by Gasteiger charge is -1.93. The molecular weight excluding hydrogens is 209 g/mol. The van der Waals surface area contributed by atoms with E-state index in [-0.39, 0.29) is 11.8 Å². The Hall–Kier alpha value is -0.750. The average molecular weight is 216 g/mol. The maximum atomic E-state index is 8.48. The van der Waals surface area contributed by atoms with Gasteiger partial charge in [-0.2, -0.15) is 0 Å². The number of aliphatic hydroxyl groups excluding tert-OH is 1. The van der Waals surface area contributed by atoms with Crippen molar-refractivity contribution in [1.82, 2.24) is 4.98 Å². The van der Waals surface area contributed by atoms with Gasteiger partial charge in [-0.05, 0) is 6.07 Å². The summed E-state index contributed by atoms with van der Waals surface area (Å²) in [7, 11) is 0. The first-order chi connectivity index (χ1) is 6.24. The number of hydrogen-bond donors (Lipinski definition) is 1. The maximum Gasteiger partial charge on any atom is 0.147 e. The van der Waals surface area contributed by atoms with Crippen LogP contribution in [0.25, 0.3) is 0 Å². The number of nitrogens with zero attached hydrogens (tertiary/aromatic N) is 1. The van der Waals surface area contributed by atoms with Crippen LogP contribution in [0.15, 0.2) is 12.3 Å². The summed E-state index contributed by atoms with van der Waals surface area (Å²) in [6, 6.07) is 1.64. The summed E-state index contributed by atoms with van der Waals surface area (Å²) in [5.41, 5.74) is 0.697. The first-order valence-corrected chi connectivity index (χ1v) is 4.40. The number of aliphatic hydroxyl groups is 1. The van der Waals surface area contributed by atoms with Crippen molar-refractivity contribution in [3.63, 3.8) is 0 Å². The van der Waals surface area contributed by atoms with Gasteiger partial charge in [0.25, 0.3) is 0 Å². The highest BCUT2D eigenvalue weighted by molar-refractivity contribution is 6.41. The van der Waals surface area contributed by atoms with E-state index in [2.05, 4.69) is 16.8 Å². The van der Waals surface area contributed by atoms with E-state index < -0.39 is 0 Å². The Labute approximate surface area is 86.5 Å². The second kappa shape index (κ2) is 5.08. The molecule has 0 bridgehead atoms. The van der Waals surface area contributed by atoms with Gasteiger partial charge in [0.1, 0.15) is 5.15 Å². The highest BCUT2D eigenvalue weighted by Gasteiger charge is 1.97. The molecule has 0 fully saturated rings. The molecule has 0 saturated carbocycles. The Morgan fingerprint density at radius 1 is 1.46 bits per heavy atom. The second-order valence-electron chi connectivity index (χ2n) is 2.27. The Morgan fingerprint density at radius 2 is 2.23 bits per heavy atom. The van der Waals surface area contributed by atoms with Gasteiger partial charge in [-0.1, -0.05) is 35.0 Å². The summed E-state index contributed by atoms with van der Waals surface area (Å²) < 4.78 is 0. The van der Waals surface area contributed by atoms with Crippen LogP contribution in [0, 0.1) is 11.8 Å². The molecule has 0 amide bonds. The summed E-state index contributed by atoms with van der Waals surface area (Å²) in [6.07, 6.45) is 1.98. The van der Waals surface area contributed by atoms with Crippen LogP contribution in [-0.4, -0.2) is 16.7 Å². The molecule has 1 aromatic heterocycles. The van der Waals surface area contributed by atoms with Gasteiger partial charge in [0.05, 0.1) is 11.6 Å². The van der Waals surface area contributed by atoms with Crippen LogP contribution in [0.3, 0.4) is 0 Å². The molecule has 2 nitrogen and oxygen atoms in total. The molecular formula is C9H7Cl2NO. The van der Waals surface area contributed by atoms with E-state index in [9.17, 15) is 0 Å². The molecule has 13 heavy (non-hydrogen) atoms. The van der Waals surface area contributed by atoms with Crippen molar-refractivity contribution in [3.05, 3.63) is 28.0 Å². The lowest BCUT2D eigenvalue weighted by atomic mass is 10.3. The largest absolute Gasteiger partial charge is 0.395 e. The van der Waals surface area contributed by atoms with E-state index in [1.165, 1.54) is 0 Å². The minimum absolute atomic E-state index is 0.0573. The van der Waals surface area contributed by atoms with Crippen LogP contribution in [0.2, 0.25) is 10.2 Å². The molecule has 0 aliphatic rings. The third-order valence-electron chi connectivity index (χ3n) is 1.27. The highest BCUT2D eigenvalue weighted by Crippen LogP contribution is 2.18. The molecule has 0 aromatic carbocycles. The molecule has 1 rings (SSSR count). The van der Waals surface area contributed by atoms with Gasteiger partial charge >= 0.3 is 0 Å². The summed E-state index contributed by atoms with van der Waals surface area (Å²) in [5.74, 6) is 5.55. The SMILES string of the molecule is OCCC#Cc1cnc(Cl)c(Cl)c1. The van der Waals surface area contributed by atoms with Gasteiger partial charge in [-0.25, -0.2) is 4.98 Å². The number of aromatic nitrogens is 1. The Morgan fingerprint density at radius 3 is 2.85 bits per heavy atom. The van der Waals surface area contributed by atoms with Crippen molar-refractivity contribution in [2.24, 2.45) is 0 Å². The van der Waals surface area contributed by atoms with Gasteiger partial charge < -0.3 is 5.11 Å². The number of rotatable bonds is 1. The monoisotopic (exact) mass is 215 g/mol. The Kier molecular flexibility index (Phi) is 4.04. The Balaban J connectivity index is 2.81. The van der Waals surface area contributed by atoms with E-state index in [0.717, 1.165) is 0 Å². The van der Waals surface area contributed by atoms with Crippen molar-refractivity contribution < 1.29 is 5.11 Å². The van der Waals surface area contributed by atoms with Gasteiger partial charge in [-0.15, -0.1) is 0 Å². The van der Waals surface area contributed by atoms with Crippen LogP contribution < -0.4 is 0 Å². The fourth-order valence-corrected chi connectivity index (χ4v) is 0.980. The molecule has 0 spiro atoms. The van der Waals surface area contributed by atoms with Crippen molar-refractivity contribution in [2.75, 3.05) is 6.61 Å². The van der Waals surface area contributed by atoms with Gasteiger partial charge in [0.15, 0.2) is 0 Å². The van der Waals surface area contributed by atoms with Crippen molar-refractivity contribution in [3.8, 4) is 11.8 Å². The summed E-state index contributed by atoms with van der Waals surface area (Å²) in [6.45, 7) is 0.0573. The fraction of sp³-hybridized carbons (Fsp3) is 0.222. The molecule has 0 radical (unpaired) electrons. The van der Waals surface area contributed by atoms with Crippen molar-refractivity contribution in [1.29, 1.82) is 0 Å². The van der Waals surface area contributed by atoms with Gasteiger partial charge in [0.2, 0.25) is 0 Å². The molecule has 0 saturated heterocycles. The predicted molar refractivity (Wildman–Crippen MR) is 52.8 cm³/mol. The molecule has 0 unspecified atom stereocenters. The molecule has 0 aliphatic carbocycles. The molecule has 0 atom stereocenters. The summed E-state index contributed by atoms with van der Waals surface area (Å²) in [4.78, 5) is 3.83. The van der Waals surface area contributed by atoms with Crippen LogP contribution in [-0.2, 0) is 0 Å². The van der Waals surface area contributed by atoms with Crippen LogP contribution in [0.5, 0.6) is 0 Å². The maximum absolute atomic E-state index is 8.48. The average Bonchev–Trinajstić information content (AvgIpc) is 2.12. The van der Waals surface area contributed by atoms with E-state index in [1.807, 2.05) is 0 Å². The van der Waals surface area contributed by atoms with E-state index >= 15 is 0 Å². The van der Waals surface area contributed by atoms with E-state index in [1.54, 1.807) is 12.3 Å². The summed E-state index contributed by atoms with van der Waals surface area (Å²) >= 11 is 11.3. The molecule has 1 aromatic rings.